The number of carbonyl (C=O) groups is 2. The fraction of sp³-hybridized carbons (Fsp3) is 0.0909. The Morgan fingerprint density at radius 2 is 1.50 bits per heavy atom. The zero-order valence-electron chi connectivity index (χ0n) is 15.2. The molecule has 2 N–H and O–H groups in total. The monoisotopic (exact) mass is 378 g/mol. The van der Waals surface area contributed by atoms with E-state index in [0.717, 1.165) is 11.1 Å². The van der Waals surface area contributed by atoms with Crippen molar-refractivity contribution < 1.29 is 18.7 Å². The topological polar surface area (TPSA) is 67.4 Å². The molecule has 0 bridgehead atoms. The predicted molar refractivity (Wildman–Crippen MR) is 104 cm³/mol. The zero-order valence-corrected chi connectivity index (χ0v) is 15.2. The number of hydrogen-bond acceptors (Lipinski definition) is 3. The Bertz CT molecular complexity index is 976. The molecule has 2 amide bonds. The van der Waals surface area contributed by atoms with Gasteiger partial charge in [-0.05, 0) is 36.2 Å². The number of amides is 2. The smallest absolute Gasteiger partial charge is 0.279 e. The molecule has 142 valence electrons. The van der Waals surface area contributed by atoms with Gasteiger partial charge in [0.25, 0.3) is 11.8 Å². The van der Waals surface area contributed by atoms with Crippen LogP contribution in [-0.2, 0) is 4.79 Å². The van der Waals surface area contributed by atoms with Crippen molar-refractivity contribution in [3.8, 4) is 16.9 Å². The highest BCUT2D eigenvalue weighted by atomic mass is 19.1. The van der Waals surface area contributed by atoms with Gasteiger partial charge >= 0.3 is 0 Å². The number of halogens is 1. The van der Waals surface area contributed by atoms with Crippen LogP contribution in [0.4, 0.5) is 4.39 Å². The Balaban J connectivity index is 1.64. The summed E-state index contributed by atoms with van der Waals surface area (Å²) in [7, 11) is 0. The summed E-state index contributed by atoms with van der Waals surface area (Å²) in [6.07, 6.45) is -0.999. The molecule has 6 heteroatoms. The number of benzene rings is 3. The number of para-hydroxylation sites is 1. The normalized spacial score (nSPS) is 11.4. The first kappa shape index (κ1) is 19.1. The minimum atomic E-state index is -0.999. The van der Waals surface area contributed by atoms with Crippen LogP contribution in [0.2, 0.25) is 0 Å². The van der Waals surface area contributed by atoms with Crippen molar-refractivity contribution in [1.82, 2.24) is 10.9 Å². The molecule has 0 aliphatic carbocycles. The molecule has 0 saturated carbocycles. The van der Waals surface area contributed by atoms with E-state index < -0.39 is 23.7 Å². The second-order valence-corrected chi connectivity index (χ2v) is 6.05. The molecule has 0 aromatic heterocycles. The molecule has 3 rings (SSSR count). The van der Waals surface area contributed by atoms with Crippen LogP contribution in [0.5, 0.6) is 5.75 Å². The Morgan fingerprint density at radius 1 is 0.857 bits per heavy atom. The zero-order chi connectivity index (χ0) is 19.9. The molecule has 0 radical (unpaired) electrons. The summed E-state index contributed by atoms with van der Waals surface area (Å²) in [5.74, 6) is -1.67. The highest BCUT2D eigenvalue weighted by Crippen LogP contribution is 2.23. The van der Waals surface area contributed by atoms with Crippen molar-refractivity contribution in [2.24, 2.45) is 0 Å². The van der Waals surface area contributed by atoms with Crippen molar-refractivity contribution in [2.75, 3.05) is 0 Å². The van der Waals surface area contributed by atoms with Crippen molar-refractivity contribution in [3.63, 3.8) is 0 Å². The van der Waals surface area contributed by atoms with Gasteiger partial charge in [-0.15, -0.1) is 0 Å². The van der Waals surface area contributed by atoms with Crippen LogP contribution < -0.4 is 15.6 Å². The molecule has 0 heterocycles. The molecule has 0 saturated heterocycles. The molecule has 3 aromatic rings. The van der Waals surface area contributed by atoms with Gasteiger partial charge in [-0.3, -0.25) is 20.4 Å². The molecule has 3 aromatic carbocycles. The maximum absolute atomic E-state index is 13.6. The van der Waals surface area contributed by atoms with Gasteiger partial charge in [0.15, 0.2) is 17.7 Å². The van der Waals surface area contributed by atoms with Crippen molar-refractivity contribution in [1.29, 1.82) is 0 Å². The fourth-order valence-corrected chi connectivity index (χ4v) is 2.62. The standard InChI is InChI=1S/C22H19FN2O3/c1-15(28-20-14-8-7-13-19(20)23)21(26)24-25-22(27)18-12-6-5-11-17(18)16-9-3-2-4-10-16/h2-15H,1H3,(H,24,26)(H,25,27). The molecule has 1 unspecified atom stereocenters. The third-order valence-corrected chi connectivity index (χ3v) is 4.07. The molecule has 0 fully saturated rings. The maximum Gasteiger partial charge on any atom is 0.279 e. The molecule has 1 atom stereocenters. The van der Waals surface area contributed by atoms with Gasteiger partial charge in [0.2, 0.25) is 0 Å². The van der Waals surface area contributed by atoms with E-state index in [-0.39, 0.29) is 5.75 Å². The molecule has 5 nitrogen and oxygen atoms in total. The molecule has 0 aliphatic heterocycles. The van der Waals surface area contributed by atoms with Crippen molar-refractivity contribution in [2.45, 2.75) is 13.0 Å². The van der Waals surface area contributed by atoms with E-state index in [1.54, 1.807) is 18.2 Å². The number of hydrogen-bond donors (Lipinski definition) is 2. The number of ether oxygens (including phenoxy) is 1. The number of rotatable bonds is 5. The van der Waals surface area contributed by atoms with E-state index in [9.17, 15) is 14.0 Å². The number of hydrazine groups is 1. The summed E-state index contributed by atoms with van der Waals surface area (Å²) in [5, 5.41) is 0. The van der Waals surface area contributed by atoms with Crippen molar-refractivity contribution >= 4 is 11.8 Å². The van der Waals surface area contributed by atoms with Gasteiger partial charge in [-0.2, -0.15) is 0 Å². The minimum Gasteiger partial charge on any atom is -0.478 e. The summed E-state index contributed by atoms with van der Waals surface area (Å²) in [6, 6.07) is 22.3. The quantitative estimate of drug-likeness (QED) is 0.665. The largest absolute Gasteiger partial charge is 0.478 e. The van der Waals surface area contributed by atoms with Crippen LogP contribution >= 0.6 is 0 Å². The lowest BCUT2D eigenvalue weighted by molar-refractivity contribution is -0.128. The van der Waals surface area contributed by atoms with Crippen LogP contribution in [0, 0.1) is 5.82 Å². The summed E-state index contributed by atoms with van der Waals surface area (Å²) in [5.41, 5.74) is 6.73. The fourth-order valence-electron chi connectivity index (χ4n) is 2.62. The second kappa shape index (κ2) is 8.81. The Kier molecular flexibility index (Phi) is 6.01. The van der Waals surface area contributed by atoms with E-state index >= 15 is 0 Å². The number of nitrogens with one attached hydrogen (secondary N) is 2. The lowest BCUT2D eigenvalue weighted by Gasteiger charge is -2.16. The molecule has 0 aliphatic rings. The van der Waals surface area contributed by atoms with Crippen LogP contribution in [-0.4, -0.2) is 17.9 Å². The lowest BCUT2D eigenvalue weighted by Crippen LogP contribution is -2.47. The van der Waals surface area contributed by atoms with Gasteiger partial charge in [0.1, 0.15) is 0 Å². The molecular weight excluding hydrogens is 359 g/mol. The van der Waals surface area contributed by atoms with E-state index in [0.29, 0.717) is 5.56 Å². The SMILES string of the molecule is CC(Oc1ccccc1F)C(=O)NNC(=O)c1ccccc1-c1ccccc1. The van der Waals surface area contributed by atoms with Gasteiger partial charge in [-0.1, -0.05) is 60.7 Å². The van der Waals surface area contributed by atoms with Gasteiger partial charge in [0.05, 0.1) is 0 Å². The van der Waals surface area contributed by atoms with E-state index in [2.05, 4.69) is 10.9 Å². The minimum absolute atomic E-state index is 0.0362. The Hall–Kier alpha value is -3.67. The van der Waals surface area contributed by atoms with Crippen LogP contribution in [0.15, 0.2) is 78.9 Å². The third-order valence-electron chi connectivity index (χ3n) is 4.07. The maximum atomic E-state index is 13.6. The molecule has 28 heavy (non-hydrogen) atoms. The first-order valence-electron chi connectivity index (χ1n) is 8.72. The summed E-state index contributed by atoms with van der Waals surface area (Å²) < 4.78 is 18.9. The van der Waals surface area contributed by atoms with Crippen molar-refractivity contribution in [3.05, 3.63) is 90.2 Å². The Labute approximate surface area is 162 Å². The average molecular weight is 378 g/mol. The Morgan fingerprint density at radius 3 is 2.25 bits per heavy atom. The van der Waals surface area contributed by atoms with Gasteiger partial charge in [-0.25, -0.2) is 4.39 Å². The second-order valence-electron chi connectivity index (χ2n) is 6.05. The first-order valence-corrected chi connectivity index (χ1v) is 8.72. The van der Waals surface area contributed by atoms with Gasteiger partial charge < -0.3 is 4.74 Å². The molecular formula is C22H19FN2O3. The van der Waals surface area contributed by atoms with E-state index in [1.165, 1.54) is 25.1 Å². The first-order chi connectivity index (χ1) is 13.6. The van der Waals surface area contributed by atoms with Crippen LogP contribution in [0.25, 0.3) is 11.1 Å². The van der Waals surface area contributed by atoms with E-state index in [1.807, 2.05) is 42.5 Å². The van der Waals surface area contributed by atoms with Crippen LogP contribution in [0.3, 0.4) is 0 Å². The summed E-state index contributed by atoms with van der Waals surface area (Å²) in [4.78, 5) is 24.7. The highest BCUT2D eigenvalue weighted by Gasteiger charge is 2.18. The third kappa shape index (κ3) is 4.54. The summed E-state index contributed by atoms with van der Waals surface area (Å²) in [6.45, 7) is 1.46. The average Bonchev–Trinajstić information content (AvgIpc) is 2.74. The van der Waals surface area contributed by atoms with Crippen LogP contribution in [0.1, 0.15) is 17.3 Å². The number of carbonyl (C=O) groups excluding carboxylic acids is 2. The van der Waals surface area contributed by atoms with Gasteiger partial charge in [0, 0.05) is 5.56 Å². The van der Waals surface area contributed by atoms with E-state index in [4.69, 9.17) is 4.74 Å². The highest BCUT2D eigenvalue weighted by molar-refractivity contribution is 6.01. The lowest BCUT2D eigenvalue weighted by atomic mass is 9.99. The summed E-state index contributed by atoms with van der Waals surface area (Å²) >= 11 is 0. The molecule has 0 spiro atoms. The predicted octanol–water partition coefficient (Wildman–Crippen LogP) is 3.72.